The Bertz CT molecular complexity index is 387. The summed E-state index contributed by atoms with van der Waals surface area (Å²) in [6, 6.07) is 7.98. The summed E-state index contributed by atoms with van der Waals surface area (Å²) in [4.78, 5) is 2.44. The van der Waals surface area contributed by atoms with Crippen LogP contribution in [0.3, 0.4) is 0 Å². The molecule has 100 valence electrons. The number of nitrogens with one attached hydrogen (secondary N) is 1. The normalized spacial score (nSPS) is 12.7. The minimum absolute atomic E-state index is 0.141. The molecule has 3 heteroatoms. The van der Waals surface area contributed by atoms with Crippen LogP contribution >= 0.6 is 0 Å². The van der Waals surface area contributed by atoms with Gasteiger partial charge in [-0.05, 0) is 24.1 Å². The third-order valence-corrected chi connectivity index (χ3v) is 3.36. The van der Waals surface area contributed by atoms with E-state index in [2.05, 4.69) is 31.7 Å². The van der Waals surface area contributed by atoms with Gasteiger partial charge in [0.25, 0.3) is 0 Å². The van der Waals surface area contributed by atoms with Crippen LogP contribution in [0.25, 0.3) is 0 Å². The van der Waals surface area contributed by atoms with E-state index in [0.717, 1.165) is 31.1 Å². The number of nitrogens with two attached hydrogens (primary N) is 1. The van der Waals surface area contributed by atoms with Gasteiger partial charge in [0.05, 0.1) is 0 Å². The summed E-state index contributed by atoms with van der Waals surface area (Å²) in [5.41, 5.74) is 7.56. The van der Waals surface area contributed by atoms with E-state index in [-0.39, 0.29) is 5.84 Å². The van der Waals surface area contributed by atoms with Crippen molar-refractivity contribution >= 4 is 5.84 Å². The van der Waals surface area contributed by atoms with E-state index in [4.69, 9.17) is 11.1 Å². The first-order valence-corrected chi connectivity index (χ1v) is 6.72. The highest BCUT2D eigenvalue weighted by molar-refractivity contribution is 5.95. The minimum Gasteiger partial charge on any atom is -0.384 e. The van der Waals surface area contributed by atoms with E-state index in [0.29, 0.717) is 0 Å². The summed E-state index contributed by atoms with van der Waals surface area (Å²) in [5.74, 6) is 0.864. The first kappa shape index (κ1) is 14.7. The molecule has 0 amide bonds. The predicted molar refractivity (Wildman–Crippen MR) is 77.9 cm³/mol. The van der Waals surface area contributed by atoms with Crippen LogP contribution in [0.4, 0.5) is 0 Å². The Labute approximate surface area is 111 Å². The fraction of sp³-hybridized carbons (Fsp3) is 0.533. The highest BCUT2D eigenvalue weighted by atomic mass is 15.1. The second kappa shape index (κ2) is 7.17. The lowest BCUT2D eigenvalue weighted by atomic mass is 10.1. The fourth-order valence-electron chi connectivity index (χ4n) is 1.97. The van der Waals surface area contributed by atoms with Gasteiger partial charge in [0, 0.05) is 18.7 Å². The maximum absolute atomic E-state index is 7.47. The Hall–Kier alpha value is -1.35. The predicted octanol–water partition coefficient (Wildman–Crippen LogP) is 2.84. The lowest BCUT2D eigenvalue weighted by Gasteiger charge is -2.24. The number of amidine groups is 1. The number of rotatable bonds is 7. The maximum atomic E-state index is 7.47. The van der Waals surface area contributed by atoms with Crippen LogP contribution in [0, 0.1) is 11.3 Å². The van der Waals surface area contributed by atoms with E-state index in [1.165, 1.54) is 12.0 Å². The number of hydrogen-bond acceptors (Lipinski definition) is 2. The SMILES string of the molecule is CCC(C)CN(CC)Cc1cccc(C(=N)N)c1. The van der Waals surface area contributed by atoms with Crippen molar-refractivity contribution in [2.45, 2.75) is 33.7 Å². The summed E-state index contributed by atoms with van der Waals surface area (Å²) in [7, 11) is 0. The first-order chi connectivity index (χ1) is 8.56. The molecule has 1 atom stereocenters. The molecule has 0 saturated carbocycles. The van der Waals surface area contributed by atoms with Crippen LogP contribution in [0.1, 0.15) is 38.3 Å². The number of hydrogen-bond donors (Lipinski definition) is 2. The van der Waals surface area contributed by atoms with Gasteiger partial charge in [-0.15, -0.1) is 0 Å². The summed E-state index contributed by atoms with van der Waals surface area (Å²) in [6.45, 7) is 9.81. The van der Waals surface area contributed by atoms with Gasteiger partial charge in [0.15, 0.2) is 0 Å². The zero-order valence-corrected chi connectivity index (χ0v) is 11.7. The van der Waals surface area contributed by atoms with Gasteiger partial charge < -0.3 is 5.73 Å². The molecule has 0 spiro atoms. The van der Waals surface area contributed by atoms with Gasteiger partial charge in [-0.3, -0.25) is 10.3 Å². The maximum Gasteiger partial charge on any atom is 0.122 e. The van der Waals surface area contributed by atoms with Crippen LogP contribution in [-0.2, 0) is 6.54 Å². The van der Waals surface area contributed by atoms with Crippen LogP contribution in [0.5, 0.6) is 0 Å². The van der Waals surface area contributed by atoms with Gasteiger partial charge in [-0.2, -0.15) is 0 Å². The molecule has 0 aliphatic heterocycles. The van der Waals surface area contributed by atoms with Crippen LogP contribution in [0.15, 0.2) is 24.3 Å². The zero-order valence-electron chi connectivity index (χ0n) is 11.7. The second-order valence-electron chi connectivity index (χ2n) is 4.96. The molecule has 3 nitrogen and oxygen atoms in total. The van der Waals surface area contributed by atoms with E-state index >= 15 is 0 Å². The first-order valence-electron chi connectivity index (χ1n) is 6.72. The van der Waals surface area contributed by atoms with Gasteiger partial charge >= 0.3 is 0 Å². The zero-order chi connectivity index (χ0) is 13.5. The van der Waals surface area contributed by atoms with Gasteiger partial charge in [0.1, 0.15) is 5.84 Å². The fourth-order valence-corrected chi connectivity index (χ4v) is 1.97. The topological polar surface area (TPSA) is 53.1 Å². The molecule has 0 aliphatic rings. The molecule has 0 saturated heterocycles. The standard InChI is InChI=1S/C15H25N3/c1-4-12(3)10-18(5-2)11-13-7-6-8-14(9-13)15(16)17/h6-9,12H,4-5,10-11H2,1-3H3,(H3,16,17). The lowest BCUT2D eigenvalue weighted by molar-refractivity contribution is 0.238. The number of benzene rings is 1. The molecular weight excluding hydrogens is 222 g/mol. The van der Waals surface area contributed by atoms with Crippen molar-refractivity contribution < 1.29 is 0 Å². The van der Waals surface area contributed by atoms with Crippen LogP contribution in [0.2, 0.25) is 0 Å². The molecule has 0 aromatic heterocycles. The quantitative estimate of drug-likeness (QED) is 0.575. The van der Waals surface area contributed by atoms with Crippen molar-refractivity contribution in [1.29, 1.82) is 5.41 Å². The Morgan fingerprint density at radius 2 is 2.11 bits per heavy atom. The largest absolute Gasteiger partial charge is 0.384 e. The average molecular weight is 247 g/mol. The third kappa shape index (κ3) is 4.49. The van der Waals surface area contributed by atoms with E-state index in [1.807, 2.05) is 18.2 Å². The molecule has 1 unspecified atom stereocenters. The van der Waals surface area contributed by atoms with Crippen molar-refractivity contribution in [1.82, 2.24) is 4.90 Å². The van der Waals surface area contributed by atoms with Gasteiger partial charge in [0.2, 0.25) is 0 Å². The van der Waals surface area contributed by atoms with Crippen molar-refractivity contribution in [3.63, 3.8) is 0 Å². The Morgan fingerprint density at radius 1 is 1.39 bits per heavy atom. The average Bonchev–Trinajstić information content (AvgIpc) is 2.38. The number of nitrogens with zero attached hydrogens (tertiary/aromatic N) is 1. The van der Waals surface area contributed by atoms with E-state index in [9.17, 15) is 0 Å². The molecule has 18 heavy (non-hydrogen) atoms. The Balaban J connectivity index is 2.69. The minimum atomic E-state index is 0.141. The molecule has 0 aliphatic carbocycles. The highest BCUT2D eigenvalue weighted by Gasteiger charge is 2.08. The molecule has 3 N–H and O–H groups in total. The molecule has 1 aromatic carbocycles. The second-order valence-corrected chi connectivity index (χ2v) is 4.96. The Morgan fingerprint density at radius 3 is 2.67 bits per heavy atom. The smallest absolute Gasteiger partial charge is 0.122 e. The van der Waals surface area contributed by atoms with Crippen molar-refractivity contribution in [2.24, 2.45) is 11.7 Å². The lowest BCUT2D eigenvalue weighted by Crippen LogP contribution is -2.28. The van der Waals surface area contributed by atoms with E-state index < -0.39 is 0 Å². The summed E-state index contributed by atoms with van der Waals surface area (Å²) in [6.07, 6.45) is 1.21. The van der Waals surface area contributed by atoms with Crippen LogP contribution in [-0.4, -0.2) is 23.8 Å². The third-order valence-electron chi connectivity index (χ3n) is 3.36. The summed E-state index contributed by atoms with van der Waals surface area (Å²) < 4.78 is 0. The van der Waals surface area contributed by atoms with Crippen LogP contribution < -0.4 is 5.73 Å². The van der Waals surface area contributed by atoms with Crippen molar-refractivity contribution in [3.05, 3.63) is 35.4 Å². The van der Waals surface area contributed by atoms with Crippen molar-refractivity contribution in [2.75, 3.05) is 13.1 Å². The molecule has 1 rings (SSSR count). The monoisotopic (exact) mass is 247 g/mol. The molecular formula is C15H25N3. The highest BCUT2D eigenvalue weighted by Crippen LogP contribution is 2.11. The molecule has 1 aromatic rings. The molecule has 0 heterocycles. The summed E-state index contributed by atoms with van der Waals surface area (Å²) in [5, 5.41) is 7.47. The Kier molecular flexibility index (Phi) is 5.86. The number of nitrogen functional groups attached to an aromatic ring is 1. The van der Waals surface area contributed by atoms with E-state index in [1.54, 1.807) is 0 Å². The van der Waals surface area contributed by atoms with Gasteiger partial charge in [-0.25, -0.2) is 0 Å². The molecule has 0 fully saturated rings. The molecule has 0 bridgehead atoms. The van der Waals surface area contributed by atoms with Crippen molar-refractivity contribution in [3.8, 4) is 0 Å². The summed E-state index contributed by atoms with van der Waals surface area (Å²) >= 11 is 0. The van der Waals surface area contributed by atoms with Gasteiger partial charge in [-0.1, -0.05) is 45.4 Å². The molecule has 0 radical (unpaired) electrons.